The number of ketones is 1. The zero-order valence-corrected chi connectivity index (χ0v) is 9.37. The first-order valence-corrected chi connectivity index (χ1v) is 5.60. The summed E-state index contributed by atoms with van der Waals surface area (Å²) in [4.78, 5) is 11.9. The van der Waals surface area contributed by atoms with Gasteiger partial charge in [0, 0.05) is 12.0 Å². The maximum absolute atomic E-state index is 13.9. The monoisotopic (exact) mass is 232 g/mol. The lowest BCUT2D eigenvalue weighted by Crippen LogP contribution is -2.47. The number of benzene rings is 1. The van der Waals surface area contributed by atoms with Crippen LogP contribution in [0.5, 0.6) is 0 Å². The normalized spacial score (nSPS) is 24.4. The summed E-state index contributed by atoms with van der Waals surface area (Å²) in [5, 5.41) is 8.66. The molecule has 1 unspecified atom stereocenters. The van der Waals surface area contributed by atoms with E-state index in [0.29, 0.717) is 12.8 Å². The molecule has 1 aromatic carbocycles. The molecule has 88 valence electrons. The van der Waals surface area contributed by atoms with Crippen molar-refractivity contribution >= 4 is 5.78 Å². The lowest BCUT2D eigenvalue weighted by Gasteiger charge is -2.32. The first-order chi connectivity index (χ1) is 8.08. The van der Waals surface area contributed by atoms with Gasteiger partial charge in [0.2, 0.25) is 0 Å². The number of nitriles is 1. The molecule has 4 heteroatoms. The van der Waals surface area contributed by atoms with Gasteiger partial charge in [0.25, 0.3) is 0 Å². The zero-order chi connectivity index (χ0) is 12.5. The van der Waals surface area contributed by atoms with E-state index in [9.17, 15) is 9.18 Å². The highest BCUT2D eigenvalue weighted by atomic mass is 19.1. The van der Waals surface area contributed by atoms with Crippen LogP contribution in [0.25, 0.3) is 0 Å². The van der Waals surface area contributed by atoms with E-state index in [1.165, 1.54) is 12.1 Å². The van der Waals surface area contributed by atoms with Gasteiger partial charge in [-0.25, -0.2) is 4.39 Å². The third-order valence-corrected chi connectivity index (χ3v) is 3.30. The Bertz CT molecular complexity index is 507. The van der Waals surface area contributed by atoms with Crippen LogP contribution >= 0.6 is 0 Å². The number of Topliss-reactive ketones (excluding diaryl/α,β-unsaturated/α-hetero) is 1. The van der Waals surface area contributed by atoms with E-state index in [1.807, 2.05) is 6.07 Å². The second-order valence-electron chi connectivity index (χ2n) is 4.41. The third kappa shape index (κ3) is 1.94. The lowest BCUT2D eigenvalue weighted by atomic mass is 9.76. The molecule has 2 rings (SSSR count). The average molecular weight is 232 g/mol. The van der Waals surface area contributed by atoms with Crippen molar-refractivity contribution in [3.63, 3.8) is 0 Å². The fourth-order valence-electron chi connectivity index (χ4n) is 2.28. The first kappa shape index (κ1) is 11.7. The minimum absolute atomic E-state index is 0.118. The van der Waals surface area contributed by atoms with Crippen molar-refractivity contribution < 1.29 is 9.18 Å². The number of carbonyl (C=O) groups is 1. The molecule has 2 N–H and O–H groups in total. The SMILES string of the molecule is N#Cc1ccc(C2(N)CCCCC2=O)c(F)c1. The maximum Gasteiger partial charge on any atom is 0.157 e. The Hall–Kier alpha value is -1.73. The summed E-state index contributed by atoms with van der Waals surface area (Å²) < 4.78 is 13.9. The number of nitrogens with two attached hydrogens (primary N) is 1. The Labute approximate surface area is 99.0 Å². The number of nitrogens with zero attached hydrogens (tertiary/aromatic N) is 1. The van der Waals surface area contributed by atoms with Gasteiger partial charge in [0.05, 0.1) is 11.6 Å². The Morgan fingerprint density at radius 1 is 1.41 bits per heavy atom. The molecule has 0 amide bonds. The quantitative estimate of drug-likeness (QED) is 0.805. The molecule has 1 fully saturated rings. The van der Waals surface area contributed by atoms with E-state index in [4.69, 9.17) is 11.0 Å². The van der Waals surface area contributed by atoms with Gasteiger partial charge in [-0.1, -0.05) is 12.5 Å². The Balaban J connectivity index is 2.46. The molecule has 0 radical (unpaired) electrons. The number of rotatable bonds is 1. The summed E-state index contributed by atoms with van der Waals surface area (Å²) in [5.74, 6) is -0.686. The summed E-state index contributed by atoms with van der Waals surface area (Å²) in [6, 6.07) is 5.94. The second-order valence-corrected chi connectivity index (χ2v) is 4.41. The van der Waals surface area contributed by atoms with Gasteiger partial charge in [-0.3, -0.25) is 4.79 Å². The van der Waals surface area contributed by atoms with Crippen LogP contribution in [0.3, 0.4) is 0 Å². The molecular weight excluding hydrogens is 219 g/mol. The van der Waals surface area contributed by atoms with E-state index >= 15 is 0 Å². The molecule has 0 heterocycles. The fraction of sp³-hybridized carbons (Fsp3) is 0.385. The molecule has 17 heavy (non-hydrogen) atoms. The topological polar surface area (TPSA) is 66.9 Å². The van der Waals surface area contributed by atoms with Crippen molar-refractivity contribution in [3.05, 3.63) is 35.1 Å². The molecule has 0 bridgehead atoms. The second kappa shape index (κ2) is 4.27. The summed E-state index contributed by atoms with van der Waals surface area (Å²) in [6.07, 6.45) is 2.50. The summed E-state index contributed by atoms with van der Waals surface area (Å²) in [7, 11) is 0. The van der Waals surface area contributed by atoms with E-state index in [-0.39, 0.29) is 16.9 Å². The van der Waals surface area contributed by atoms with Crippen molar-refractivity contribution in [2.24, 2.45) is 5.73 Å². The van der Waals surface area contributed by atoms with Crippen molar-refractivity contribution in [3.8, 4) is 6.07 Å². The molecule has 3 nitrogen and oxygen atoms in total. The number of halogens is 1. The van der Waals surface area contributed by atoms with Crippen LogP contribution in [-0.2, 0) is 10.3 Å². The number of hydrogen-bond donors (Lipinski definition) is 1. The van der Waals surface area contributed by atoms with Crippen LogP contribution < -0.4 is 5.73 Å². The van der Waals surface area contributed by atoms with Crippen LogP contribution in [-0.4, -0.2) is 5.78 Å². The van der Waals surface area contributed by atoms with E-state index in [0.717, 1.165) is 18.9 Å². The molecule has 0 spiro atoms. The van der Waals surface area contributed by atoms with Gasteiger partial charge in [0.1, 0.15) is 11.4 Å². The molecule has 0 aromatic heterocycles. The number of hydrogen-bond acceptors (Lipinski definition) is 3. The average Bonchev–Trinajstić information content (AvgIpc) is 2.32. The smallest absolute Gasteiger partial charge is 0.157 e. The fourth-order valence-corrected chi connectivity index (χ4v) is 2.28. The molecular formula is C13H13FN2O. The molecule has 1 atom stereocenters. The van der Waals surface area contributed by atoms with Gasteiger partial charge < -0.3 is 5.73 Å². The maximum atomic E-state index is 13.9. The van der Waals surface area contributed by atoms with Crippen molar-refractivity contribution in [1.29, 1.82) is 5.26 Å². The Morgan fingerprint density at radius 3 is 2.76 bits per heavy atom. The first-order valence-electron chi connectivity index (χ1n) is 5.60. The summed E-state index contributed by atoms with van der Waals surface area (Å²) in [5.41, 5.74) is 5.28. The standard InChI is InChI=1S/C13H13FN2O/c14-11-7-9(8-15)4-5-10(11)13(16)6-2-1-3-12(13)17/h4-5,7H,1-3,6,16H2. The lowest BCUT2D eigenvalue weighted by molar-refractivity contribution is -0.126. The highest BCUT2D eigenvalue weighted by Gasteiger charge is 2.39. The van der Waals surface area contributed by atoms with Crippen LogP contribution in [0.4, 0.5) is 4.39 Å². The van der Waals surface area contributed by atoms with Gasteiger partial charge in [-0.05, 0) is 25.0 Å². The van der Waals surface area contributed by atoms with Crippen LogP contribution in [0.15, 0.2) is 18.2 Å². The molecule has 0 saturated heterocycles. The van der Waals surface area contributed by atoms with Crippen LogP contribution in [0.2, 0.25) is 0 Å². The van der Waals surface area contributed by atoms with Gasteiger partial charge in [-0.15, -0.1) is 0 Å². The molecule has 1 saturated carbocycles. The summed E-state index contributed by atoms with van der Waals surface area (Å²) >= 11 is 0. The zero-order valence-electron chi connectivity index (χ0n) is 9.37. The predicted molar refractivity (Wildman–Crippen MR) is 60.5 cm³/mol. The number of carbonyl (C=O) groups excluding carboxylic acids is 1. The van der Waals surface area contributed by atoms with Crippen molar-refractivity contribution in [2.45, 2.75) is 31.2 Å². The van der Waals surface area contributed by atoms with Crippen LogP contribution in [0.1, 0.15) is 36.8 Å². The Kier molecular flexibility index (Phi) is 2.95. The van der Waals surface area contributed by atoms with E-state index in [1.54, 1.807) is 0 Å². The van der Waals surface area contributed by atoms with Gasteiger partial charge in [0.15, 0.2) is 5.78 Å². The van der Waals surface area contributed by atoms with Gasteiger partial charge >= 0.3 is 0 Å². The minimum Gasteiger partial charge on any atom is -0.315 e. The third-order valence-electron chi connectivity index (χ3n) is 3.30. The van der Waals surface area contributed by atoms with Crippen LogP contribution in [0, 0.1) is 17.1 Å². The molecule has 1 aromatic rings. The van der Waals surface area contributed by atoms with E-state index in [2.05, 4.69) is 0 Å². The Morgan fingerprint density at radius 2 is 2.18 bits per heavy atom. The van der Waals surface area contributed by atoms with Gasteiger partial charge in [-0.2, -0.15) is 5.26 Å². The van der Waals surface area contributed by atoms with E-state index < -0.39 is 11.4 Å². The molecule has 0 aliphatic heterocycles. The highest BCUT2D eigenvalue weighted by Crippen LogP contribution is 2.33. The molecule has 1 aliphatic carbocycles. The summed E-state index contributed by atoms with van der Waals surface area (Å²) in [6.45, 7) is 0. The highest BCUT2D eigenvalue weighted by molar-refractivity contribution is 5.90. The van der Waals surface area contributed by atoms with Crippen molar-refractivity contribution in [2.75, 3.05) is 0 Å². The largest absolute Gasteiger partial charge is 0.315 e. The minimum atomic E-state index is -1.21. The molecule has 1 aliphatic rings. The van der Waals surface area contributed by atoms with Crippen molar-refractivity contribution in [1.82, 2.24) is 0 Å². The predicted octanol–water partition coefficient (Wildman–Crippen LogP) is 1.99.